The van der Waals surface area contributed by atoms with Crippen molar-refractivity contribution >= 4 is 23.7 Å². The topological polar surface area (TPSA) is 64.6 Å². The summed E-state index contributed by atoms with van der Waals surface area (Å²) in [6.07, 6.45) is 3.72. The third-order valence-electron chi connectivity index (χ3n) is 2.24. The number of esters is 2. The van der Waals surface area contributed by atoms with Gasteiger partial charge in [-0.1, -0.05) is 12.2 Å². The third-order valence-corrected chi connectivity index (χ3v) is 2.24. The molecule has 1 N–H and O–H groups in total. The van der Waals surface area contributed by atoms with Crippen LogP contribution in [-0.4, -0.2) is 19.0 Å². The van der Waals surface area contributed by atoms with Crippen molar-refractivity contribution in [2.75, 3.05) is 12.4 Å². The molecule has 1 rings (SSSR count). The molecule has 0 spiro atoms. The summed E-state index contributed by atoms with van der Waals surface area (Å²) in [6, 6.07) is 3.26. The minimum atomic E-state index is -0.478. The zero-order chi connectivity index (χ0) is 14.4. The zero-order valence-electron chi connectivity index (χ0n) is 11.4. The van der Waals surface area contributed by atoms with Gasteiger partial charge in [-0.3, -0.25) is 9.59 Å². The van der Waals surface area contributed by atoms with Gasteiger partial charge in [0.25, 0.3) is 0 Å². The summed E-state index contributed by atoms with van der Waals surface area (Å²) < 4.78 is 10.1. The normalized spacial score (nSPS) is 10.3. The fourth-order valence-corrected chi connectivity index (χ4v) is 1.58. The van der Waals surface area contributed by atoms with E-state index < -0.39 is 11.9 Å². The average molecular weight is 263 g/mol. The van der Waals surface area contributed by atoms with Gasteiger partial charge in [-0.05, 0) is 13.0 Å². The molecule has 0 bridgehead atoms. The van der Waals surface area contributed by atoms with Gasteiger partial charge in [0, 0.05) is 38.2 Å². The summed E-state index contributed by atoms with van der Waals surface area (Å²) in [4.78, 5) is 22.1. The second-order valence-corrected chi connectivity index (χ2v) is 3.82. The van der Waals surface area contributed by atoms with Gasteiger partial charge in [0.2, 0.25) is 0 Å². The van der Waals surface area contributed by atoms with Crippen molar-refractivity contribution in [2.24, 2.45) is 0 Å². The molecule has 0 fully saturated rings. The minimum absolute atomic E-state index is 0.209. The number of rotatable bonds is 4. The average Bonchev–Trinajstić information content (AvgIpc) is 2.31. The summed E-state index contributed by atoms with van der Waals surface area (Å²) in [7, 11) is 1.76. The molecule has 0 aromatic heterocycles. The van der Waals surface area contributed by atoms with Crippen molar-refractivity contribution in [1.29, 1.82) is 0 Å². The molecular formula is C14H17NO4. The van der Waals surface area contributed by atoms with E-state index in [1.54, 1.807) is 19.2 Å². The van der Waals surface area contributed by atoms with Crippen LogP contribution in [0.15, 0.2) is 18.2 Å². The van der Waals surface area contributed by atoms with E-state index in [9.17, 15) is 9.59 Å². The Morgan fingerprint density at radius 1 is 1.11 bits per heavy atom. The number of hydrogen-bond acceptors (Lipinski definition) is 5. The van der Waals surface area contributed by atoms with Crippen LogP contribution in [0.3, 0.4) is 0 Å². The van der Waals surface area contributed by atoms with E-state index in [1.807, 2.05) is 19.1 Å². The molecule has 19 heavy (non-hydrogen) atoms. The van der Waals surface area contributed by atoms with Crippen LogP contribution < -0.4 is 14.8 Å². The van der Waals surface area contributed by atoms with E-state index in [0.717, 1.165) is 11.3 Å². The van der Waals surface area contributed by atoms with Gasteiger partial charge in [0.1, 0.15) is 0 Å². The number of ether oxygens (including phenoxy) is 2. The first-order chi connectivity index (χ1) is 8.97. The smallest absolute Gasteiger partial charge is 0.308 e. The predicted molar refractivity (Wildman–Crippen MR) is 73.3 cm³/mol. The van der Waals surface area contributed by atoms with E-state index in [2.05, 4.69) is 5.32 Å². The Kier molecular flexibility index (Phi) is 5.11. The van der Waals surface area contributed by atoms with Gasteiger partial charge >= 0.3 is 11.9 Å². The SMILES string of the molecule is C/C=C\c1cc(OC(C)=O)c(OC(C)=O)cc1NC. The van der Waals surface area contributed by atoms with Crippen LogP contribution in [-0.2, 0) is 9.59 Å². The Morgan fingerprint density at radius 2 is 1.63 bits per heavy atom. The summed E-state index contributed by atoms with van der Waals surface area (Å²) >= 11 is 0. The first kappa shape index (κ1) is 14.8. The molecule has 5 heteroatoms. The van der Waals surface area contributed by atoms with Gasteiger partial charge in [0.05, 0.1) is 0 Å². The van der Waals surface area contributed by atoms with Gasteiger partial charge in [-0.25, -0.2) is 0 Å². The van der Waals surface area contributed by atoms with Crippen LogP contribution in [0.2, 0.25) is 0 Å². The Balaban J connectivity index is 3.33. The molecule has 0 saturated heterocycles. The molecule has 0 unspecified atom stereocenters. The molecular weight excluding hydrogens is 246 g/mol. The molecule has 1 aromatic carbocycles. The fourth-order valence-electron chi connectivity index (χ4n) is 1.58. The predicted octanol–water partition coefficient (Wildman–Crippen LogP) is 2.61. The summed E-state index contributed by atoms with van der Waals surface area (Å²) in [5.41, 5.74) is 1.60. The number of nitrogens with one attached hydrogen (secondary N) is 1. The first-order valence-corrected chi connectivity index (χ1v) is 5.83. The van der Waals surface area contributed by atoms with Crippen LogP contribution in [0.4, 0.5) is 5.69 Å². The lowest BCUT2D eigenvalue weighted by Gasteiger charge is -2.13. The number of carbonyl (C=O) groups excluding carboxylic acids is 2. The van der Waals surface area contributed by atoms with Crippen LogP contribution in [0.25, 0.3) is 6.08 Å². The molecule has 5 nitrogen and oxygen atoms in total. The highest BCUT2D eigenvalue weighted by atomic mass is 16.6. The zero-order valence-corrected chi connectivity index (χ0v) is 11.4. The number of hydrogen-bond donors (Lipinski definition) is 1. The maximum atomic E-state index is 11.1. The molecule has 0 aliphatic heterocycles. The van der Waals surface area contributed by atoms with E-state index in [0.29, 0.717) is 0 Å². The van der Waals surface area contributed by atoms with Gasteiger partial charge in [-0.15, -0.1) is 0 Å². The standard InChI is InChI=1S/C14H17NO4/c1-5-6-11-7-13(18-9(2)16)14(19-10(3)17)8-12(11)15-4/h5-8,15H,1-4H3/b6-5-. The molecule has 0 atom stereocenters. The molecule has 1 aromatic rings. The van der Waals surface area contributed by atoms with Gasteiger partial charge < -0.3 is 14.8 Å². The summed E-state index contributed by atoms with van der Waals surface area (Å²) in [5, 5.41) is 2.99. The highest BCUT2D eigenvalue weighted by Gasteiger charge is 2.13. The van der Waals surface area contributed by atoms with E-state index >= 15 is 0 Å². The number of benzene rings is 1. The van der Waals surface area contributed by atoms with Crippen molar-refractivity contribution < 1.29 is 19.1 Å². The molecule has 0 saturated carbocycles. The summed E-state index contributed by atoms with van der Waals surface area (Å²) in [6.45, 7) is 4.46. The lowest BCUT2D eigenvalue weighted by Crippen LogP contribution is -2.08. The Bertz CT molecular complexity index is 520. The molecule has 0 heterocycles. The molecule has 0 aliphatic rings. The number of allylic oxidation sites excluding steroid dienone is 1. The van der Waals surface area contributed by atoms with Gasteiger partial charge in [0.15, 0.2) is 11.5 Å². The van der Waals surface area contributed by atoms with Crippen molar-refractivity contribution in [2.45, 2.75) is 20.8 Å². The van der Waals surface area contributed by atoms with E-state index in [-0.39, 0.29) is 11.5 Å². The fraction of sp³-hybridized carbons (Fsp3) is 0.286. The Morgan fingerprint density at radius 3 is 2.05 bits per heavy atom. The Labute approximate surface area is 112 Å². The van der Waals surface area contributed by atoms with E-state index in [4.69, 9.17) is 9.47 Å². The highest BCUT2D eigenvalue weighted by Crippen LogP contribution is 2.34. The molecule has 0 amide bonds. The van der Waals surface area contributed by atoms with Crippen molar-refractivity contribution in [3.8, 4) is 11.5 Å². The largest absolute Gasteiger partial charge is 0.423 e. The van der Waals surface area contributed by atoms with Crippen LogP contribution in [0, 0.1) is 0 Å². The van der Waals surface area contributed by atoms with Crippen LogP contribution >= 0.6 is 0 Å². The first-order valence-electron chi connectivity index (χ1n) is 5.83. The third kappa shape index (κ3) is 4.13. The lowest BCUT2D eigenvalue weighted by molar-refractivity contribution is -0.134. The Hall–Kier alpha value is -2.30. The molecule has 0 radical (unpaired) electrons. The van der Waals surface area contributed by atoms with Crippen LogP contribution in [0.1, 0.15) is 26.3 Å². The second kappa shape index (κ2) is 6.58. The lowest BCUT2D eigenvalue weighted by atomic mass is 10.1. The monoisotopic (exact) mass is 263 g/mol. The highest BCUT2D eigenvalue weighted by molar-refractivity contribution is 5.78. The number of anilines is 1. The molecule has 102 valence electrons. The van der Waals surface area contributed by atoms with E-state index in [1.165, 1.54) is 13.8 Å². The number of carbonyl (C=O) groups is 2. The van der Waals surface area contributed by atoms with Gasteiger partial charge in [-0.2, -0.15) is 0 Å². The maximum Gasteiger partial charge on any atom is 0.308 e. The molecule has 0 aliphatic carbocycles. The maximum absolute atomic E-state index is 11.1. The van der Waals surface area contributed by atoms with Crippen molar-refractivity contribution in [3.05, 3.63) is 23.8 Å². The van der Waals surface area contributed by atoms with Crippen LogP contribution in [0.5, 0.6) is 11.5 Å². The quantitative estimate of drug-likeness (QED) is 0.668. The second-order valence-electron chi connectivity index (χ2n) is 3.82. The van der Waals surface area contributed by atoms with Crippen molar-refractivity contribution in [3.63, 3.8) is 0 Å². The minimum Gasteiger partial charge on any atom is -0.423 e. The van der Waals surface area contributed by atoms with Crippen molar-refractivity contribution in [1.82, 2.24) is 0 Å². The summed E-state index contributed by atoms with van der Waals surface area (Å²) in [5.74, 6) is -0.527.